The monoisotopic (exact) mass is 292 g/mol. The molecule has 0 spiro atoms. The van der Waals surface area contributed by atoms with E-state index in [-0.39, 0.29) is 5.54 Å². The van der Waals surface area contributed by atoms with Crippen molar-refractivity contribution in [2.24, 2.45) is 5.73 Å². The summed E-state index contributed by atoms with van der Waals surface area (Å²) in [6, 6.07) is 7.34. The van der Waals surface area contributed by atoms with E-state index in [0.717, 1.165) is 18.4 Å². The van der Waals surface area contributed by atoms with Crippen LogP contribution >= 0.6 is 11.6 Å². The normalized spacial score (nSPS) is 18.2. The van der Waals surface area contributed by atoms with Gasteiger partial charge >= 0.3 is 0 Å². The highest BCUT2D eigenvalue weighted by Crippen LogP contribution is 2.26. The van der Waals surface area contributed by atoms with Gasteiger partial charge in [0, 0.05) is 10.6 Å². The Morgan fingerprint density at radius 3 is 2.55 bits per heavy atom. The van der Waals surface area contributed by atoms with Crippen molar-refractivity contribution in [3.8, 4) is 6.07 Å². The van der Waals surface area contributed by atoms with Crippen molar-refractivity contribution in [3.05, 3.63) is 34.3 Å². The van der Waals surface area contributed by atoms with Gasteiger partial charge < -0.3 is 10.5 Å². The number of nitriles is 1. The summed E-state index contributed by atoms with van der Waals surface area (Å²) in [5.74, 6) is 0. The Morgan fingerprint density at radius 1 is 1.25 bits per heavy atom. The fourth-order valence-electron chi connectivity index (χ4n) is 2.68. The molecular formula is C16H21ClN2O. The van der Waals surface area contributed by atoms with Crippen LogP contribution in [0.4, 0.5) is 0 Å². The van der Waals surface area contributed by atoms with Crippen molar-refractivity contribution in [1.29, 1.82) is 5.26 Å². The first-order valence-electron chi connectivity index (χ1n) is 7.18. The van der Waals surface area contributed by atoms with Crippen LogP contribution in [0, 0.1) is 11.3 Å². The highest BCUT2D eigenvalue weighted by atomic mass is 35.5. The minimum atomic E-state index is -0.185. The van der Waals surface area contributed by atoms with E-state index < -0.39 is 0 Å². The average Bonchev–Trinajstić information content (AvgIpc) is 2.66. The van der Waals surface area contributed by atoms with E-state index in [0.29, 0.717) is 23.8 Å². The van der Waals surface area contributed by atoms with Crippen molar-refractivity contribution < 1.29 is 4.74 Å². The topological polar surface area (TPSA) is 59.0 Å². The Labute approximate surface area is 125 Å². The minimum Gasteiger partial charge on any atom is -0.375 e. The molecule has 0 aliphatic heterocycles. The van der Waals surface area contributed by atoms with Crippen LogP contribution in [-0.2, 0) is 11.3 Å². The zero-order chi connectivity index (χ0) is 14.4. The molecule has 0 saturated heterocycles. The Balaban J connectivity index is 1.87. The first-order valence-corrected chi connectivity index (χ1v) is 7.56. The fraction of sp³-hybridized carbons (Fsp3) is 0.562. The molecule has 0 aromatic heterocycles. The zero-order valence-corrected chi connectivity index (χ0v) is 12.5. The molecule has 1 aliphatic carbocycles. The van der Waals surface area contributed by atoms with Crippen molar-refractivity contribution in [1.82, 2.24) is 0 Å². The van der Waals surface area contributed by atoms with E-state index in [4.69, 9.17) is 27.3 Å². The van der Waals surface area contributed by atoms with E-state index in [2.05, 4.69) is 6.07 Å². The Bertz CT molecular complexity index is 488. The molecule has 1 aromatic carbocycles. The third kappa shape index (κ3) is 4.21. The largest absolute Gasteiger partial charge is 0.375 e. The molecule has 1 saturated carbocycles. The second kappa shape index (κ2) is 7.08. The van der Waals surface area contributed by atoms with Gasteiger partial charge in [0.25, 0.3) is 0 Å². The van der Waals surface area contributed by atoms with Crippen LogP contribution in [0.2, 0.25) is 5.02 Å². The van der Waals surface area contributed by atoms with Crippen molar-refractivity contribution in [2.75, 3.05) is 6.61 Å². The van der Waals surface area contributed by atoms with Crippen molar-refractivity contribution in [3.63, 3.8) is 0 Å². The summed E-state index contributed by atoms with van der Waals surface area (Å²) in [6.45, 7) is 1.02. The van der Waals surface area contributed by atoms with Crippen LogP contribution in [0.15, 0.2) is 18.2 Å². The lowest BCUT2D eigenvalue weighted by atomic mass is 9.92. The maximum absolute atomic E-state index is 8.80. The van der Waals surface area contributed by atoms with Crippen LogP contribution in [0.25, 0.3) is 0 Å². The minimum absolute atomic E-state index is 0.185. The molecule has 0 heterocycles. The second-order valence-electron chi connectivity index (χ2n) is 5.69. The molecule has 2 rings (SSSR count). The molecule has 1 aliphatic rings. The SMILES string of the molecule is N#Cc1ccc(COCC2(N)CCCCCC2)c(Cl)c1. The van der Waals surface area contributed by atoms with Crippen molar-refractivity contribution >= 4 is 11.6 Å². The molecule has 108 valence electrons. The van der Waals surface area contributed by atoms with Gasteiger partial charge in [-0.15, -0.1) is 0 Å². The van der Waals surface area contributed by atoms with E-state index in [9.17, 15) is 0 Å². The van der Waals surface area contributed by atoms with E-state index >= 15 is 0 Å². The average molecular weight is 293 g/mol. The summed E-state index contributed by atoms with van der Waals surface area (Å²) in [6.07, 6.45) is 7.01. The lowest BCUT2D eigenvalue weighted by Gasteiger charge is -2.27. The number of nitrogens with two attached hydrogens (primary N) is 1. The van der Waals surface area contributed by atoms with Gasteiger partial charge in [-0.05, 0) is 30.5 Å². The molecule has 0 radical (unpaired) electrons. The van der Waals surface area contributed by atoms with Gasteiger partial charge in [-0.2, -0.15) is 5.26 Å². The third-order valence-electron chi connectivity index (χ3n) is 3.93. The van der Waals surface area contributed by atoms with Crippen LogP contribution in [0.5, 0.6) is 0 Å². The summed E-state index contributed by atoms with van der Waals surface area (Å²) < 4.78 is 5.78. The van der Waals surface area contributed by atoms with Crippen LogP contribution in [0.1, 0.15) is 49.7 Å². The predicted molar refractivity (Wildman–Crippen MR) is 80.4 cm³/mol. The molecule has 0 unspecified atom stereocenters. The van der Waals surface area contributed by atoms with Gasteiger partial charge in [0.05, 0.1) is 24.8 Å². The predicted octanol–water partition coefficient (Wildman–Crippen LogP) is 3.78. The van der Waals surface area contributed by atoms with Gasteiger partial charge in [-0.3, -0.25) is 0 Å². The van der Waals surface area contributed by atoms with Crippen molar-refractivity contribution in [2.45, 2.75) is 50.7 Å². The number of rotatable bonds is 4. The second-order valence-corrected chi connectivity index (χ2v) is 6.09. The summed E-state index contributed by atoms with van der Waals surface area (Å²) in [5.41, 5.74) is 7.69. The number of halogens is 1. The van der Waals surface area contributed by atoms with Gasteiger partial charge in [0.2, 0.25) is 0 Å². The molecule has 0 bridgehead atoms. The summed E-state index contributed by atoms with van der Waals surface area (Å²) in [7, 11) is 0. The standard InChI is InChI=1S/C16H21ClN2O/c17-15-9-13(10-18)5-6-14(15)11-20-12-16(19)7-3-1-2-4-8-16/h5-6,9H,1-4,7-8,11-12,19H2. The van der Waals surface area contributed by atoms with E-state index in [1.807, 2.05) is 6.07 Å². The van der Waals surface area contributed by atoms with Gasteiger partial charge in [-0.1, -0.05) is 43.4 Å². The highest BCUT2D eigenvalue weighted by molar-refractivity contribution is 6.31. The number of ether oxygens (including phenoxy) is 1. The number of nitrogens with zero attached hydrogens (tertiary/aromatic N) is 1. The van der Waals surface area contributed by atoms with E-state index in [1.165, 1.54) is 25.7 Å². The molecule has 0 amide bonds. The highest BCUT2D eigenvalue weighted by Gasteiger charge is 2.26. The lowest BCUT2D eigenvalue weighted by Crippen LogP contribution is -2.43. The molecule has 0 atom stereocenters. The number of hydrogen-bond donors (Lipinski definition) is 1. The smallest absolute Gasteiger partial charge is 0.0992 e. The molecule has 1 fully saturated rings. The van der Waals surface area contributed by atoms with Crippen LogP contribution in [-0.4, -0.2) is 12.1 Å². The molecule has 2 N–H and O–H groups in total. The first kappa shape index (κ1) is 15.3. The number of benzene rings is 1. The van der Waals surface area contributed by atoms with Gasteiger partial charge in [0.15, 0.2) is 0 Å². The lowest BCUT2D eigenvalue weighted by molar-refractivity contribution is 0.0667. The maximum Gasteiger partial charge on any atom is 0.0992 e. The maximum atomic E-state index is 8.80. The molecule has 3 nitrogen and oxygen atoms in total. The Hall–Kier alpha value is -1.08. The first-order chi connectivity index (χ1) is 9.63. The van der Waals surface area contributed by atoms with E-state index in [1.54, 1.807) is 12.1 Å². The Kier molecular flexibility index (Phi) is 5.42. The quantitative estimate of drug-likeness (QED) is 0.859. The fourth-order valence-corrected chi connectivity index (χ4v) is 2.91. The Morgan fingerprint density at radius 2 is 1.95 bits per heavy atom. The molecule has 4 heteroatoms. The zero-order valence-electron chi connectivity index (χ0n) is 11.7. The molecule has 1 aromatic rings. The molecule has 20 heavy (non-hydrogen) atoms. The third-order valence-corrected chi connectivity index (χ3v) is 4.28. The van der Waals surface area contributed by atoms with Gasteiger partial charge in [0.1, 0.15) is 0 Å². The number of hydrogen-bond acceptors (Lipinski definition) is 3. The summed E-state index contributed by atoms with van der Waals surface area (Å²) in [5, 5.41) is 9.38. The molecular weight excluding hydrogens is 272 g/mol. The van der Waals surface area contributed by atoms with Crippen LogP contribution < -0.4 is 5.73 Å². The van der Waals surface area contributed by atoms with Crippen LogP contribution in [0.3, 0.4) is 0 Å². The summed E-state index contributed by atoms with van der Waals surface area (Å²) in [4.78, 5) is 0. The van der Waals surface area contributed by atoms with Gasteiger partial charge in [-0.25, -0.2) is 0 Å². The summed E-state index contributed by atoms with van der Waals surface area (Å²) >= 11 is 6.13.